The highest BCUT2D eigenvalue weighted by atomic mass is 32.2. The van der Waals surface area contributed by atoms with E-state index in [1.807, 2.05) is 19.1 Å². The molecule has 2 N–H and O–H groups in total. The Balaban J connectivity index is 1.67. The first kappa shape index (κ1) is 23.0. The number of piperidine rings is 1. The molecule has 0 bridgehead atoms. The number of carbonyl (C=O) groups excluding carboxylic acids is 1. The molecule has 2 heterocycles. The Morgan fingerprint density at radius 2 is 2.00 bits per heavy atom. The van der Waals surface area contributed by atoms with Crippen molar-refractivity contribution in [2.24, 2.45) is 0 Å². The molecule has 1 aliphatic heterocycles. The molecule has 1 atom stereocenters. The summed E-state index contributed by atoms with van der Waals surface area (Å²) in [6.45, 7) is 2.61. The van der Waals surface area contributed by atoms with Crippen molar-refractivity contribution in [2.75, 3.05) is 13.7 Å². The summed E-state index contributed by atoms with van der Waals surface area (Å²) in [7, 11) is -2.16. The standard InChI is InChI=1S/C24H27N3O5S/c1-16-6-3-4-11-27(16)33(30,31)19-9-10-22-20(13-19)21(14-23(28)26-22)24(29)25-15-17-7-5-8-18(12-17)32-2/h5,7-10,12-14,16H,3-4,6,11,15H2,1-2H3,(H,25,29)(H,26,28)/t16-/m1/s1. The maximum atomic E-state index is 13.3. The SMILES string of the molecule is COc1cccc(CNC(=O)c2cc(=O)[nH]c3ccc(S(=O)(=O)N4CCCC[C@H]4C)cc23)c1. The molecule has 8 nitrogen and oxygen atoms in total. The number of nitrogens with one attached hydrogen (secondary N) is 2. The number of nitrogens with zero attached hydrogens (tertiary/aromatic N) is 1. The van der Waals surface area contributed by atoms with E-state index in [0.29, 0.717) is 23.2 Å². The van der Waals surface area contributed by atoms with Gasteiger partial charge in [-0.3, -0.25) is 9.59 Å². The van der Waals surface area contributed by atoms with Crippen LogP contribution in [0.3, 0.4) is 0 Å². The number of benzene rings is 2. The van der Waals surface area contributed by atoms with Gasteiger partial charge in [-0.2, -0.15) is 4.31 Å². The topological polar surface area (TPSA) is 109 Å². The van der Waals surface area contributed by atoms with Crippen molar-refractivity contribution in [1.29, 1.82) is 0 Å². The normalized spacial score (nSPS) is 17.1. The van der Waals surface area contributed by atoms with Gasteiger partial charge in [-0.15, -0.1) is 0 Å². The number of hydrogen-bond donors (Lipinski definition) is 2. The van der Waals surface area contributed by atoms with E-state index >= 15 is 0 Å². The van der Waals surface area contributed by atoms with Gasteiger partial charge in [0.2, 0.25) is 15.6 Å². The number of hydrogen-bond acceptors (Lipinski definition) is 5. The molecule has 2 aromatic carbocycles. The zero-order chi connectivity index (χ0) is 23.6. The molecular weight excluding hydrogens is 442 g/mol. The maximum Gasteiger partial charge on any atom is 0.252 e. The predicted octanol–water partition coefficient (Wildman–Crippen LogP) is 3.03. The summed E-state index contributed by atoms with van der Waals surface area (Å²) in [6, 6.07) is 12.9. The van der Waals surface area contributed by atoms with Crippen molar-refractivity contribution in [1.82, 2.24) is 14.6 Å². The van der Waals surface area contributed by atoms with Gasteiger partial charge in [-0.25, -0.2) is 8.42 Å². The van der Waals surface area contributed by atoms with Gasteiger partial charge in [0.05, 0.1) is 17.6 Å². The second-order valence-corrected chi connectivity index (χ2v) is 10.1. The number of aromatic nitrogens is 1. The van der Waals surface area contributed by atoms with Crippen LogP contribution in [0.5, 0.6) is 5.75 Å². The largest absolute Gasteiger partial charge is 0.497 e. The molecular formula is C24H27N3O5S. The van der Waals surface area contributed by atoms with Crippen LogP contribution in [0.25, 0.3) is 10.9 Å². The number of fused-ring (bicyclic) bond motifs is 1. The Morgan fingerprint density at radius 1 is 1.18 bits per heavy atom. The smallest absolute Gasteiger partial charge is 0.252 e. The second kappa shape index (κ2) is 9.36. The lowest BCUT2D eigenvalue weighted by atomic mass is 10.1. The number of pyridine rings is 1. The summed E-state index contributed by atoms with van der Waals surface area (Å²) in [5.41, 5.74) is 0.925. The van der Waals surface area contributed by atoms with Crippen molar-refractivity contribution in [3.05, 3.63) is 70.0 Å². The monoisotopic (exact) mass is 469 g/mol. The second-order valence-electron chi connectivity index (χ2n) is 8.25. The Hall–Kier alpha value is -3.17. The fourth-order valence-electron chi connectivity index (χ4n) is 4.21. The van der Waals surface area contributed by atoms with Gasteiger partial charge in [-0.05, 0) is 55.7 Å². The average Bonchev–Trinajstić information content (AvgIpc) is 2.82. The predicted molar refractivity (Wildman–Crippen MR) is 126 cm³/mol. The number of rotatable bonds is 6. The van der Waals surface area contributed by atoms with E-state index < -0.39 is 21.5 Å². The lowest BCUT2D eigenvalue weighted by Crippen LogP contribution is -2.41. The fraction of sp³-hybridized carbons (Fsp3) is 0.333. The van der Waals surface area contributed by atoms with E-state index in [2.05, 4.69) is 10.3 Å². The van der Waals surface area contributed by atoms with Gasteiger partial charge in [0.25, 0.3) is 5.91 Å². The van der Waals surface area contributed by atoms with Crippen LogP contribution in [-0.2, 0) is 16.6 Å². The van der Waals surface area contributed by atoms with Crippen LogP contribution in [-0.4, -0.2) is 43.3 Å². The number of ether oxygens (including phenoxy) is 1. The summed E-state index contributed by atoms with van der Waals surface area (Å²) in [5, 5.41) is 3.19. The van der Waals surface area contributed by atoms with Crippen LogP contribution in [0, 0.1) is 0 Å². The molecule has 33 heavy (non-hydrogen) atoms. The molecule has 0 unspecified atom stereocenters. The van der Waals surface area contributed by atoms with E-state index in [1.165, 1.54) is 28.6 Å². The highest BCUT2D eigenvalue weighted by Gasteiger charge is 2.31. The Bertz CT molecular complexity index is 1350. The first-order valence-corrected chi connectivity index (χ1v) is 12.3. The first-order valence-electron chi connectivity index (χ1n) is 10.9. The van der Waals surface area contributed by atoms with Crippen molar-refractivity contribution >= 4 is 26.8 Å². The van der Waals surface area contributed by atoms with Crippen molar-refractivity contribution in [2.45, 2.75) is 43.7 Å². The minimum atomic E-state index is -3.72. The third kappa shape index (κ3) is 4.79. The van der Waals surface area contributed by atoms with Crippen molar-refractivity contribution in [3.63, 3.8) is 0 Å². The molecule has 1 aliphatic rings. The van der Waals surface area contributed by atoms with Gasteiger partial charge >= 0.3 is 0 Å². The highest BCUT2D eigenvalue weighted by Crippen LogP contribution is 2.27. The molecule has 3 aromatic rings. The molecule has 4 rings (SSSR count). The first-order chi connectivity index (χ1) is 15.8. The Kier molecular flexibility index (Phi) is 6.53. The number of aromatic amines is 1. The van der Waals surface area contributed by atoms with Gasteiger partial charge in [0, 0.05) is 36.1 Å². The molecule has 0 saturated carbocycles. The van der Waals surface area contributed by atoms with E-state index in [1.54, 1.807) is 19.2 Å². The van der Waals surface area contributed by atoms with Crippen LogP contribution in [0.1, 0.15) is 42.1 Å². The number of amides is 1. The van der Waals surface area contributed by atoms with Crippen LogP contribution in [0.2, 0.25) is 0 Å². The lowest BCUT2D eigenvalue weighted by molar-refractivity contribution is 0.0952. The van der Waals surface area contributed by atoms with Gasteiger partial charge < -0.3 is 15.0 Å². The van der Waals surface area contributed by atoms with Crippen molar-refractivity contribution in [3.8, 4) is 5.75 Å². The molecule has 1 amide bonds. The maximum absolute atomic E-state index is 13.3. The van der Waals surface area contributed by atoms with Crippen LogP contribution in [0.4, 0.5) is 0 Å². The summed E-state index contributed by atoms with van der Waals surface area (Å²) < 4.78 is 33.3. The number of sulfonamides is 1. The number of H-pyrrole nitrogens is 1. The van der Waals surface area contributed by atoms with Crippen LogP contribution in [0.15, 0.2) is 58.2 Å². The molecule has 0 radical (unpaired) electrons. The molecule has 0 aliphatic carbocycles. The van der Waals surface area contributed by atoms with Crippen LogP contribution >= 0.6 is 0 Å². The summed E-state index contributed by atoms with van der Waals surface area (Å²) in [5.74, 6) is 0.208. The average molecular weight is 470 g/mol. The minimum absolute atomic E-state index is 0.0827. The lowest BCUT2D eigenvalue weighted by Gasteiger charge is -2.32. The van der Waals surface area contributed by atoms with Crippen molar-refractivity contribution < 1.29 is 17.9 Å². The fourth-order valence-corrected chi connectivity index (χ4v) is 5.93. The van der Waals surface area contributed by atoms with Gasteiger partial charge in [0.15, 0.2) is 0 Å². The summed E-state index contributed by atoms with van der Waals surface area (Å²) in [6.07, 6.45) is 2.64. The zero-order valence-electron chi connectivity index (χ0n) is 18.6. The number of carbonyl (C=O) groups is 1. The third-order valence-corrected chi connectivity index (χ3v) is 8.00. The van der Waals surface area contributed by atoms with E-state index in [9.17, 15) is 18.0 Å². The third-order valence-electron chi connectivity index (χ3n) is 5.99. The van der Waals surface area contributed by atoms with E-state index in [4.69, 9.17) is 4.74 Å². The Labute approximate surface area is 192 Å². The van der Waals surface area contributed by atoms with Crippen LogP contribution < -0.4 is 15.6 Å². The molecule has 1 saturated heterocycles. The van der Waals surface area contributed by atoms with Gasteiger partial charge in [-0.1, -0.05) is 18.6 Å². The van der Waals surface area contributed by atoms with Gasteiger partial charge in [0.1, 0.15) is 5.75 Å². The Morgan fingerprint density at radius 3 is 2.76 bits per heavy atom. The molecule has 9 heteroatoms. The number of methoxy groups -OCH3 is 1. The minimum Gasteiger partial charge on any atom is -0.497 e. The summed E-state index contributed by atoms with van der Waals surface area (Å²) >= 11 is 0. The highest BCUT2D eigenvalue weighted by molar-refractivity contribution is 7.89. The quantitative estimate of drug-likeness (QED) is 0.577. The molecule has 1 fully saturated rings. The van der Waals surface area contributed by atoms with E-state index in [-0.39, 0.29) is 23.0 Å². The summed E-state index contributed by atoms with van der Waals surface area (Å²) in [4.78, 5) is 27.9. The molecule has 174 valence electrons. The molecule has 0 spiro atoms. The molecule has 1 aromatic heterocycles. The van der Waals surface area contributed by atoms with E-state index in [0.717, 1.165) is 24.8 Å². The zero-order valence-corrected chi connectivity index (χ0v) is 19.4.